The number of benzene rings is 1. The molecule has 0 heterocycles. The van der Waals surface area contributed by atoms with Crippen LogP contribution in [0.1, 0.15) is 59.5 Å². The second-order valence-corrected chi connectivity index (χ2v) is 5.77. The number of hydrogen-bond acceptors (Lipinski definition) is 2. The smallest absolute Gasteiger partial charge is 0.307 e. The Balaban J connectivity index is 2.00. The molecule has 2 aliphatic carbocycles. The zero-order valence-electron chi connectivity index (χ0n) is 10.9. The third-order valence-electron chi connectivity index (χ3n) is 4.53. The Labute approximate surface area is 112 Å². The summed E-state index contributed by atoms with van der Waals surface area (Å²) in [5.41, 5.74) is 2.75. The summed E-state index contributed by atoms with van der Waals surface area (Å²) in [5, 5.41) is 8.89. The van der Waals surface area contributed by atoms with Crippen LogP contribution in [-0.4, -0.2) is 16.9 Å². The number of carbonyl (C=O) groups is 2. The first-order valence-corrected chi connectivity index (χ1v) is 7.03. The molecule has 1 aromatic carbocycles. The highest BCUT2D eigenvalue weighted by atomic mass is 16.4. The molecule has 1 aromatic rings. The molecule has 0 saturated heterocycles. The van der Waals surface area contributed by atoms with E-state index in [0.29, 0.717) is 18.3 Å². The lowest BCUT2D eigenvalue weighted by Crippen LogP contribution is -2.28. The second-order valence-electron chi connectivity index (χ2n) is 5.77. The molecule has 0 bridgehead atoms. The molecule has 0 aliphatic heterocycles. The van der Waals surface area contributed by atoms with E-state index < -0.39 is 5.97 Å². The summed E-state index contributed by atoms with van der Waals surface area (Å²) in [4.78, 5) is 23.0. The van der Waals surface area contributed by atoms with Gasteiger partial charge in [-0.1, -0.05) is 31.0 Å². The number of fused-ring (bicyclic) bond motifs is 3. The number of carboxylic acids is 1. The van der Waals surface area contributed by atoms with E-state index in [0.717, 1.165) is 29.5 Å². The minimum atomic E-state index is -0.817. The van der Waals surface area contributed by atoms with Crippen LogP contribution in [0.4, 0.5) is 0 Å². The fraction of sp³-hybridized carbons (Fsp3) is 0.500. The van der Waals surface area contributed by atoms with Gasteiger partial charge >= 0.3 is 5.97 Å². The molecule has 1 saturated carbocycles. The molecule has 1 N–H and O–H groups in total. The summed E-state index contributed by atoms with van der Waals surface area (Å²) < 4.78 is 0. The molecule has 3 nitrogen and oxygen atoms in total. The summed E-state index contributed by atoms with van der Waals surface area (Å²) in [5.74, 6) is 0.367. The van der Waals surface area contributed by atoms with Gasteiger partial charge in [-0.3, -0.25) is 9.59 Å². The third kappa shape index (κ3) is 2.29. The summed E-state index contributed by atoms with van der Waals surface area (Å²) in [6.07, 6.45) is 5.44. The van der Waals surface area contributed by atoms with Crippen LogP contribution in [0.2, 0.25) is 0 Å². The van der Waals surface area contributed by atoms with Crippen LogP contribution < -0.4 is 0 Å². The molecule has 0 spiro atoms. The summed E-state index contributed by atoms with van der Waals surface area (Å²) in [6.45, 7) is 0. The molecule has 19 heavy (non-hydrogen) atoms. The topological polar surface area (TPSA) is 54.4 Å². The number of Topliss-reactive ketones (excluding diaryl/α,β-unsaturated/α-hetero) is 1. The second kappa shape index (κ2) is 4.80. The minimum absolute atomic E-state index is 0.0405. The molecular formula is C16H18O3. The number of aliphatic carboxylic acids is 1. The van der Waals surface area contributed by atoms with Crippen LogP contribution in [-0.2, 0) is 11.2 Å². The van der Waals surface area contributed by atoms with E-state index in [2.05, 4.69) is 0 Å². The predicted molar refractivity (Wildman–Crippen MR) is 71.4 cm³/mol. The Morgan fingerprint density at radius 3 is 2.84 bits per heavy atom. The van der Waals surface area contributed by atoms with E-state index in [-0.39, 0.29) is 12.2 Å². The van der Waals surface area contributed by atoms with Crippen molar-refractivity contribution in [3.63, 3.8) is 0 Å². The van der Waals surface area contributed by atoms with E-state index in [1.54, 1.807) is 6.07 Å². The quantitative estimate of drug-likeness (QED) is 0.886. The summed E-state index contributed by atoms with van der Waals surface area (Å²) >= 11 is 0. The van der Waals surface area contributed by atoms with Gasteiger partial charge in [-0.05, 0) is 35.8 Å². The Bertz CT molecular complexity index is 533. The zero-order chi connectivity index (χ0) is 13.4. The average molecular weight is 258 g/mol. The first kappa shape index (κ1) is 12.4. The first-order valence-electron chi connectivity index (χ1n) is 7.03. The van der Waals surface area contributed by atoms with Crippen molar-refractivity contribution < 1.29 is 14.7 Å². The van der Waals surface area contributed by atoms with Crippen LogP contribution in [0.3, 0.4) is 0 Å². The Kier molecular flexibility index (Phi) is 3.13. The van der Waals surface area contributed by atoms with Crippen LogP contribution in [0.5, 0.6) is 0 Å². The summed E-state index contributed by atoms with van der Waals surface area (Å²) in [6, 6.07) is 5.58. The van der Waals surface area contributed by atoms with Gasteiger partial charge in [0, 0.05) is 12.0 Å². The van der Waals surface area contributed by atoms with Crippen molar-refractivity contribution in [3.8, 4) is 0 Å². The van der Waals surface area contributed by atoms with Gasteiger partial charge < -0.3 is 5.11 Å². The average Bonchev–Trinajstić information content (AvgIpc) is 2.38. The number of carboxylic acid groups (broad SMARTS) is 1. The first-order chi connectivity index (χ1) is 9.15. The van der Waals surface area contributed by atoms with Crippen LogP contribution in [0.15, 0.2) is 18.2 Å². The normalized spacial score (nSPS) is 25.6. The fourth-order valence-electron chi connectivity index (χ4n) is 3.67. The Morgan fingerprint density at radius 2 is 2.05 bits per heavy atom. The number of rotatable bonds is 2. The molecule has 0 aromatic heterocycles. The highest BCUT2D eigenvalue weighted by Gasteiger charge is 2.35. The van der Waals surface area contributed by atoms with E-state index in [1.807, 2.05) is 12.1 Å². The fourth-order valence-corrected chi connectivity index (χ4v) is 3.67. The monoisotopic (exact) mass is 258 g/mol. The lowest BCUT2D eigenvalue weighted by Gasteiger charge is -2.36. The third-order valence-corrected chi connectivity index (χ3v) is 4.53. The molecule has 1 fully saturated rings. The van der Waals surface area contributed by atoms with Gasteiger partial charge in [-0.15, -0.1) is 0 Å². The lowest BCUT2D eigenvalue weighted by atomic mass is 9.67. The predicted octanol–water partition coefficient (Wildman–Crippen LogP) is 3.17. The van der Waals surface area contributed by atoms with Crippen LogP contribution in [0, 0.1) is 5.92 Å². The van der Waals surface area contributed by atoms with Gasteiger partial charge in [-0.25, -0.2) is 0 Å². The van der Waals surface area contributed by atoms with Gasteiger partial charge in [0.2, 0.25) is 0 Å². The molecular weight excluding hydrogens is 240 g/mol. The maximum Gasteiger partial charge on any atom is 0.307 e. The van der Waals surface area contributed by atoms with Gasteiger partial charge in [-0.2, -0.15) is 0 Å². The van der Waals surface area contributed by atoms with Crippen molar-refractivity contribution >= 4 is 11.8 Å². The SMILES string of the molecule is O=C(O)Cc1ccc2c(c1)C1CCCCC1CC2=O. The standard InChI is InChI=1S/C16H18O3/c17-15-9-11-3-1-2-4-12(11)14-7-10(8-16(18)19)5-6-13(14)15/h5-7,11-12H,1-4,8-9H2,(H,18,19). The highest BCUT2D eigenvalue weighted by Crippen LogP contribution is 2.45. The Hall–Kier alpha value is -1.64. The van der Waals surface area contributed by atoms with Crippen LogP contribution in [0.25, 0.3) is 0 Å². The molecule has 2 unspecified atom stereocenters. The molecule has 3 heteroatoms. The minimum Gasteiger partial charge on any atom is -0.481 e. The van der Waals surface area contributed by atoms with E-state index >= 15 is 0 Å². The molecule has 3 rings (SSSR count). The lowest BCUT2D eigenvalue weighted by molar-refractivity contribution is -0.136. The zero-order valence-corrected chi connectivity index (χ0v) is 10.9. The van der Waals surface area contributed by atoms with Crippen molar-refractivity contribution in [1.82, 2.24) is 0 Å². The molecule has 2 atom stereocenters. The van der Waals surface area contributed by atoms with Crippen molar-refractivity contribution in [3.05, 3.63) is 34.9 Å². The van der Waals surface area contributed by atoms with Crippen molar-refractivity contribution in [2.24, 2.45) is 5.92 Å². The van der Waals surface area contributed by atoms with Gasteiger partial charge in [0.05, 0.1) is 6.42 Å². The molecule has 2 aliphatic rings. The van der Waals surface area contributed by atoms with E-state index in [4.69, 9.17) is 5.11 Å². The van der Waals surface area contributed by atoms with Gasteiger partial charge in [0.15, 0.2) is 5.78 Å². The number of hydrogen-bond donors (Lipinski definition) is 1. The van der Waals surface area contributed by atoms with E-state index in [9.17, 15) is 9.59 Å². The van der Waals surface area contributed by atoms with Gasteiger partial charge in [0.1, 0.15) is 0 Å². The maximum atomic E-state index is 12.2. The van der Waals surface area contributed by atoms with Crippen molar-refractivity contribution in [2.45, 2.75) is 44.4 Å². The number of carbonyl (C=O) groups excluding carboxylic acids is 1. The molecule has 100 valence electrons. The van der Waals surface area contributed by atoms with Gasteiger partial charge in [0.25, 0.3) is 0 Å². The van der Waals surface area contributed by atoms with E-state index in [1.165, 1.54) is 12.8 Å². The largest absolute Gasteiger partial charge is 0.481 e. The van der Waals surface area contributed by atoms with Crippen molar-refractivity contribution in [1.29, 1.82) is 0 Å². The highest BCUT2D eigenvalue weighted by molar-refractivity contribution is 5.99. The number of ketones is 1. The molecule has 0 radical (unpaired) electrons. The maximum absolute atomic E-state index is 12.2. The van der Waals surface area contributed by atoms with Crippen LogP contribution >= 0.6 is 0 Å². The van der Waals surface area contributed by atoms with Crippen molar-refractivity contribution in [2.75, 3.05) is 0 Å². The Morgan fingerprint density at radius 1 is 1.26 bits per heavy atom. The summed E-state index contributed by atoms with van der Waals surface area (Å²) in [7, 11) is 0. The molecule has 0 amide bonds.